The SMILES string of the molecule is Cc1cc(C)c(S(=O)(=O)N2CCCCO2)c(C)c1N. The molecule has 1 aromatic carbocycles. The molecule has 2 N–H and O–H groups in total. The normalized spacial score (nSPS) is 17.6. The van der Waals surface area contributed by atoms with E-state index in [4.69, 9.17) is 10.6 Å². The molecule has 19 heavy (non-hydrogen) atoms. The predicted molar refractivity (Wildman–Crippen MR) is 74.1 cm³/mol. The van der Waals surface area contributed by atoms with E-state index in [-0.39, 0.29) is 4.90 Å². The van der Waals surface area contributed by atoms with Crippen LogP contribution in [0.1, 0.15) is 29.5 Å². The fraction of sp³-hybridized carbons (Fsp3) is 0.538. The number of hydrogen-bond acceptors (Lipinski definition) is 4. The molecule has 0 amide bonds. The number of nitrogens with two attached hydrogens (primary N) is 1. The summed E-state index contributed by atoms with van der Waals surface area (Å²) in [5.41, 5.74) is 8.69. The molecule has 0 aromatic heterocycles. The fourth-order valence-electron chi connectivity index (χ4n) is 2.44. The number of hydrogen-bond donors (Lipinski definition) is 1. The number of benzene rings is 1. The second-order valence-corrected chi connectivity index (χ2v) is 6.72. The summed E-state index contributed by atoms with van der Waals surface area (Å²) in [7, 11) is -3.63. The lowest BCUT2D eigenvalue weighted by Crippen LogP contribution is -2.36. The van der Waals surface area contributed by atoms with Gasteiger partial charge in [0.05, 0.1) is 11.5 Å². The van der Waals surface area contributed by atoms with E-state index in [9.17, 15) is 8.42 Å². The van der Waals surface area contributed by atoms with Gasteiger partial charge in [0.15, 0.2) is 0 Å². The summed E-state index contributed by atoms with van der Waals surface area (Å²) in [6.45, 7) is 6.25. The van der Waals surface area contributed by atoms with Gasteiger partial charge >= 0.3 is 0 Å². The first kappa shape index (κ1) is 14.3. The number of sulfonamides is 1. The lowest BCUT2D eigenvalue weighted by molar-refractivity contribution is -0.108. The van der Waals surface area contributed by atoms with Crippen LogP contribution in [-0.2, 0) is 14.9 Å². The Balaban J connectivity index is 2.54. The average Bonchev–Trinajstić information content (AvgIpc) is 2.37. The van der Waals surface area contributed by atoms with Crippen molar-refractivity contribution in [1.82, 2.24) is 4.47 Å². The van der Waals surface area contributed by atoms with Gasteiger partial charge in [0.1, 0.15) is 0 Å². The molecule has 1 aliphatic heterocycles. The Labute approximate surface area is 114 Å². The van der Waals surface area contributed by atoms with Crippen LogP contribution < -0.4 is 5.73 Å². The third-order valence-electron chi connectivity index (χ3n) is 3.46. The van der Waals surface area contributed by atoms with Gasteiger partial charge in [-0.05, 0) is 50.3 Å². The zero-order valence-corrected chi connectivity index (χ0v) is 12.4. The number of anilines is 1. The summed E-state index contributed by atoms with van der Waals surface area (Å²) in [5.74, 6) is 0. The van der Waals surface area contributed by atoms with Crippen molar-refractivity contribution in [1.29, 1.82) is 0 Å². The molecule has 5 nitrogen and oxygen atoms in total. The Hall–Kier alpha value is -1.11. The molecule has 0 aliphatic carbocycles. The predicted octanol–water partition coefficient (Wildman–Crippen LogP) is 1.91. The van der Waals surface area contributed by atoms with Crippen molar-refractivity contribution < 1.29 is 13.3 Å². The third kappa shape index (κ3) is 2.48. The zero-order valence-electron chi connectivity index (χ0n) is 11.6. The maximum atomic E-state index is 12.6. The molecule has 2 rings (SSSR count). The van der Waals surface area contributed by atoms with Crippen molar-refractivity contribution in [2.75, 3.05) is 18.9 Å². The van der Waals surface area contributed by atoms with Crippen LogP contribution in [-0.4, -0.2) is 26.0 Å². The molecule has 0 unspecified atom stereocenters. The maximum absolute atomic E-state index is 12.6. The van der Waals surface area contributed by atoms with Crippen LogP contribution in [0.25, 0.3) is 0 Å². The Bertz CT molecular complexity index is 590. The lowest BCUT2D eigenvalue weighted by atomic mass is 10.1. The molecular formula is C13H20N2O3S. The van der Waals surface area contributed by atoms with Crippen molar-refractivity contribution in [3.8, 4) is 0 Å². The van der Waals surface area contributed by atoms with Crippen LogP contribution in [0.15, 0.2) is 11.0 Å². The van der Waals surface area contributed by atoms with Crippen molar-refractivity contribution in [2.45, 2.75) is 38.5 Å². The minimum absolute atomic E-state index is 0.275. The van der Waals surface area contributed by atoms with E-state index in [1.807, 2.05) is 6.92 Å². The van der Waals surface area contributed by atoms with Gasteiger partial charge in [0.25, 0.3) is 10.0 Å². The molecule has 1 saturated heterocycles. The highest BCUT2D eigenvalue weighted by Gasteiger charge is 2.31. The van der Waals surface area contributed by atoms with Crippen molar-refractivity contribution in [3.05, 3.63) is 22.8 Å². The summed E-state index contributed by atoms with van der Waals surface area (Å²) in [6.07, 6.45) is 1.71. The number of rotatable bonds is 2. The second kappa shape index (κ2) is 5.11. The van der Waals surface area contributed by atoms with Crippen LogP contribution in [0.2, 0.25) is 0 Å². The third-order valence-corrected chi connectivity index (χ3v) is 5.43. The quantitative estimate of drug-likeness (QED) is 0.842. The maximum Gasteiger partial charge on any atom is 0.265 e. The first-order valence-corrected chi connectivity index (χ1v) is 7.81. The number of aryl methyl sites for hydroxylation is 2. The standard InChI is InChI=1S/C13H20N2O3S/c1-9-8-10(2)13(11(3)12(9)14)19(16,17)15-6-4-5-7-18-15/h8H,4-7,14H2,1-3H3. The van der Waals surface area contributed by atoms with Gasteiger partial charge in [-0.25, -0.2) is 8.42 Å². The number of nitrogen functional groups attached to an aromatic ring is 1. The highest BCUT2D eigenvalue weighted by atomic mass is 32.2. The molecule has 0 bridgehead atoms. The van der Waals surface area contributed by atoms with Crippen LogP contribution in [0.4, 0.5) is 5.69 Å². The van der Waals surface area contributed by atoms with Crippen molar-refractivity contribution in [3.63, 3.8) is 0 Å². The molecule has 0 saturated carbocycles. The molecule has 0 radical (unpaired) electrons. The molecule has 0 spiro atoms. The van der Waals surface area contributed by atoms with Crippen molar-refractivity contribution in [2.24, 2.45) is 0 Å². The van der Waals surface area contributed by atoms with Crippen molar-refractivity contribution >= 4 is 15.7 Å². The Morgan fingerprint density at radius 1 is 1.21 bits per heavy atom. The highest BCUT2D eigenvalue weighted by Crippen LogP contribution is 2.31. The first-order valence-electron chi connectivity index (χ1n) is 6.37. The summed E-state index contributed by atoms with van der Waals surface area (Å²) in [6, 6.07) is 1.80. The van der Waals surface area contributed by atoms with Crippen LogP contribution in [0.5, 0.6) is 0 Å². The summed E-state index contributed by atoms with van der Waals surface area (Å²) in [4.78, 5) is 5.56. The topological polar surface area (TPSA) is 72.6 Å². The van der Waals surface area contributed by atoms with Gasteiger partial charge in [-0.3, -0.25) is 4.84 Å². The molecule has 106 valence electrons. The fourth-order valence-corrected chi connectivity index (χ4v) is 4.19. The van der Waals surface area contributed by atoms with Gasteiger partial charge in [-0.2, -0.15) is 0 Å². The Morgan fingerprint density at radius 3 is 2.47 bits per heavy atom. The van der Waals surface area contributed by atoms with Gasteiger partial charge in [-0.15, -0.1) is 0 Å². The molecule has 1 fully saturated rings. The monoisotopic (exact) mass is 284 g/mol. The zero-order chi connectivity index (χ0) is 14.2. The molecule has 6 heteroatoms. The smallest absolute Gasteiger partial charge is 0.265 e. The van der Waals surface area contributed by atoms with E-state index in [2.05, 4.69) is 0 Å². The van der Waals surface area contributed by atoms with E-state index in [1.54, 1.807) is 19.9 Å². The summed E-state index contributed by atoms with van der Waals surface area (Å²) in [5, 5.41) is 0. The molecule has 0 atom stereocenters. The highest BCUT2D eigenvalue weighted by molar-refractivity contribution is 7.89. The van der Waals surface area contributed by atoms with Crippen LogP contribution in [0.3, 0.4) is 0 Å². The number of hydroxylamine groups is 1. The Kier molecular flexibility index (Phi) is 3.85. The molecule has 1 aliphatic rings. The largest absolute Gasteiger partial charge is 0.398 e. The number of nitrogens with zero attached hydrogens (tertiary/aromatic N) is 1. The lowest BCUT2D eigenvalue weighted by Gasteiger charge is -2.27. The molecular weight excluding hydrogens is 264 g/mol. The second-order valence-electron chi connectivity index (χ2n) is 4.95. The van der Waals surface area contributed by atoms with Gasteiger partial charge in [-0.1, -0.05) is 10.5 Å². The average molecular weight is 284 g/mol. The van der Waals surface area contributed by atoms with E-state index in [1.165, 1.54) is 0 Å². The molecule has 1 heterocycles. The van der Waals surface area contributed by atoms with Crippen LogP contribution in [0, 0.1) is 20.8 Å². The Morgan fingerprint density at radius 2 is 1.89 bits per heavy atom. The molecule has 1 aromatic rings. The van der Waals surface area contributed by atoms with Gasteiger partial charge in [0.2, 0.25) is 0 Å². The van der Waals surface area contributed by atoms with Crippen LogP contribution >= 0.6 is 0 Å². The minimum Gasteiger partial charge on any atom is -0.398 e. The van der Waals surface area contributed by atoms with Gasteiger partial charge < -0.3 is 5.73 Å². The minimum atomic E-state index is -3.63. The summed E-state index contributed by atoms with van der Waals surface area (Å²) >= 11 is 0. The summed E-state index contributed by atoms with van der Waals surface area (Å²) < 4.78 is 26.4. The van der Waals surface area contributed by atoms with E-state index >= 15 is 0 Å². The van der Waals surface area contributed by atoms with Gasteiger partial charge in [0, 0.05) is 12.2 Å². The van der Waals surface area contributed by atoms with E-state index in [0.717, 1.165) is 22.9 Å². The van der Waals surface area contributed by atoms with E-state index < -0.39 is 10.0 Å². The van der Waals surface area contributed by atoms with E-state index in [0.29, 0.717) is 30.0 Å². The first-order chi connectivity index (χ1) is 8.85.